The Morgan fingerprint density at radius 1 is 0.938 bits per heavy atom. The zero-order chi connectivity index (χ0) is 22.5. The number of thiocarbonyl (C=S) groups is 1. The number of hydrogen-bond acceptors (Lipinski definition) is 4. The van der Waals surface area contributed by atoms with Gasteiger partial charge in [0.1, 0.15) is 6.54 Å². The molecule has 160 valence electrons. The summed E-state index contributed by atoms with van der Waals surface area (Å²) in [5.74, 6) is -0.425. The van der Waals surface area contributed by atoms with Gasteiger partial charge in [-0.3, -0.25) is 4.79 Å². The predicted molar refractivity (Wildman–Crippen MR) is 131 cm³/mol. The van der Waals surface area contributed by atoms with Crippen molar-refractivity contribution in [1.29, 1.82) is 0 Å². The van der Waals surface area contributed by atoms with Crippen molar-refractivity contribution in [2.45, 2.75) is 13.5 Å². The van der Waals surface area contributed by atoms with Crippen LogP contribution in [0.25, 0.3) is 10.9 Å². The number of nitrogens with one attached hydrogen (secondary N) is 2. The second-order valence-corrected chi connectivity index (χ2v) is 7.57. The Bertz CT molecular complexity index is 1300. The second-order valence-electron chi connectivity index (χ2n) is 7.19. The summed E-state index contributed by atoms with van der Waals surface area (Å²) in [7, 11) is 0. The molecule has 1 aromatic heterocycles. The maximum absolute atomic E-state index is 12.6. The summed E-state index contributed by atoms with van der Waals surface area (Å²) >= 11 is 5.24. The van der Waals surface area contributed by atoms with E-state index in [2.05, 4.69) is 20.9 Å². The Hall–Kier alpha value is -4.04. The fourth-order valence-corrected chi connectivity index (χ4v) is 3.44. The van der Waals surface area contributed by atoms with Crippen molar-refractivity contribution in [3.63, 3.8) is 0 Å². The van der Waals surface area contributed by atoms with Gasteiger partial charge in [-0.1, -0.05) is 54.1 Å². The van der Waals surface area contributed by atoms with Crippen LogP contribution in [0.3, 0.4) is 0 Å². The van der Waals surface area contributed by atoms with Gasteiger partial charge in [-0.15, -0.1) is 10.2 Å². The minimum atomic E-state index is -0.269. The van der Waals surface area contributed by atoms with E-state index in [1.165, 1.54) is 4.57 Å². The minimum Gasteiger partial charge on any atom is -0.493 e. The third-order valence-electron chi connectivity index (χ3n) is 4.82. The van der Waals surface area contributed by atoms with Gasteiger partial charge in [0.2, 0.25) is 16.9 Å². The Balaban J connectivity index is 1.56. The van der Waals surface area contributed by atoms with Crippen molar-refractivity contribution in [3.05, 3.63) is 84.4 Å². The summed E-state index contributed by atoms with van der Waals surface area (Å²) in [6.07, 6.45) is 0. The number of para-hydroxylation sites is 2. The van der Waals surface area contributed by atoms with Crippen LogP contribution in [0.4, 0.5) is 17.1 Å². The van der Waals surface area contributed by atoms with Gasteiger partial charge in [0.15, 0.2) is 5.69 Å². The first-order chi connectivity index (χ1) is 15.5. The Kier molecular flexibility index (Phi) is 6.23. The van der Waals surface area contributed by atoms with Crippen LogP contribution in [0.1, 0.15) is 5.56 Å². The van der Waals surface area contributed by atoms with Crippen molar-refractivity contribution in [2.75, 3.05) is 10.6 Å². The number of rotatable bonds is 5. The zero-order valence-corrected chi connectivity index (χ0v) is 18.1. The molecule has 0 saturated carbocycles. The average Bonchev–Trinajstić information content (AvgIpc) is 3.05. The summed E-state index contributed by atoms with van der Waals surface area (Å²) in [6.45, 7) is 1.90. The SMILES string of the molecule is Cc1ccc(NC(=O)Cn2c(O)c(N=NC(=S)Nc3ccccc3)c3ccccc32)cc1. The van der Waals surface area contributed by atoms with Crippen molar-refractivity contribution in [2.24, 2.45) is 10.2 Å². The molecule has 0 bridgehead atoms. The lowest BCUT2D eigenvalue weighted by atomic mass is 10.2. The van der Waals surface area contributed by atoms with E-state index in [4.69, 9.17) is 12.2 Å². The molecule has 1 heterocycles. The third-order valence-corrected chi connectivity index (χ3v) is 5.00. The summed E-state index contributed by atoms with van der Waals surface area (Å²) in [6, 6.07) is 24.2. The lowest BCUT2D eigenvalue weighted by Gasteiger charge is -2.08. The first-order valence-corrected chi connectivity index (χ1v) is 10.4. The van der Waals surface area contributed by atoms with Crippen LogP contribution in [-0.4, -0.2) is 20.7 Å². The van der Waals surface area contributed by atoms with Gasteiger partial charge in [-0.2, -0.15) is 0 Å². The molecule has 7 nitrogen and oxygen atoms in total. The van der Waals surface area contributed by atoms with Crippen LogP contribution in [0, 0.1) is 6.92 Å². The van der Waals surface area contributed by atoms with Crippen LogP contribution in [-0.2, 0) is 11.3 Å². The van der Waals surface area contributed by atoms with E-state index in [0.29, 0.717) is 16.6 Å². The highest BCUT2D eigenvalue weighted by atomic mass is 32.1. The number of nitrogens with zero attached hydrogens (tertiary/aromatic N) is 3. The number of carbonyl (C=O) groups excluding carboxylic acids is 1. The number of anilines is 2. The normalized spacial score (nSPS) is 11.0. The molecule has 8 heteroatoms. The molecule has 0 aliphatic rings. The molecule has 0 radical (unpaired) electrons. The predicted octanol–water partition coefficient (Wildman–Crippen LogP) is 5.77. The fourth-order valence-electron chi connectivity index (χ4n) is 3.28. The van der Waals surface area contributed by atoms with Crippen LogP contribution in [0.5, 0.6) is 5.88 Å². The highest BCUT2D eigenvalue weighted by Crippen LogP contribution is 2.38. The van der Waals surface area contributed by atoms with E-state index in [-0.39, 0.29) is 29.1 Å². The second kappa shape index (κ2) is 9.40. The number of aryl methyl sites for hydroxylation is 1. The number of azo groups is 1. The molecule has 0 aliphatic heterocycles. The van der Waals surface area contributed by atoms with Gasteiger partial charge in [0.05, 0.1) is 5.52 Å². The standard InChI is InChI=1S/C24H21N5O2S/c1-16-11-13-18(14-12-16)25-21(30)15-29-20-10-6-5-9-19(20)22(23(29)31)27-28-24(32)26-17-7-3-2-4-8-17/h2-14,31H,15H2,1H3,(H,25,30)(H,26,32). The van der Waals surface area contributed by atoms with Gasteiger partial charge in [0, 0.05) is 16.8 Å². The van der Waals surface area contributed by atoms with E-state index in [0.717, 1.165) is 11.3 Å². The number of aromatic nitrogens is 1. The molecule has 0 fully saturated rings. The quantitative estimate of drug-likeness (QED) is 0.270. The Morgan fingerprint density at radius 2 is 1.59 bits per heavy atom. The van der Waals surface area contributed by atoms with E-state index in [1.807, 2.05) is 85.8 Å². The van der Waals surface area contributed by atoms with Crippen molar-refractivity contribution < 1.29 is 9.90 Å². The molecule has 4 aromatic rings. The fraction of sp³-hybridized carbons (Fsp3) is 0.0833. The summed E-state index contributed by atoms with van der Waals surface area (Å²) in [4.78, 5) is 12.6. The smallest absolute Gasteiger partial charge is 0.244 e. The van der Waals surface area contributed by atoms with Crippen LogP contribution in [0.15, 0.2) is 89.1 Å². The van der Waals surface area contributed by atoms with Gasteiger partial charge >= 0.3 is 0 Å². The molecule has 4 rings (SSSR count). The minimum absolute atomic E-state index is 0.0809. The van der Waals surface area contributed by atoms with Crippen LogP contribution in [0.2, 0.25) is 0 Å². The maximum atomic E-state index is 12.6. The van der Waals surface area contributed by atoms with E-state index in [9.17, 15) is 9.90 Å². The number of fused-ring (bicyclic) bond motifs is 1. The molecule has 32 heavy (non-hydrogen) atoms. The highest BCUT2D eigenvalue weighted by Gasteiger charge is 2.18. The van der Waals surface area contributed by atoms with E-state index >= 15 is 0 Å². The first kappa shape index (κ1) is 21.2. The molecule has 0 spiro atoms. The number of aromatic hydroxyl groups is 1. The topological polar surface area (TPSA) is 91.0 Å². The van der Waals surface area contributed by atoms with Gasteiger partial charge in [0.25, 0.3) is 0 Å². The number of amides is 1. The summed E-state index contributed by atoms with van der Waals surface area (Å²) in [5.41, 5.74) is 3.50. The monoisotopic (exact) mass is 443 g/mol. The average molecular weight is 444 g/mol. The zero-order valence-electron chi connectivity index (χ0n) is 17.3. The van der Waals surface area contributed by atoms with Crippen molar-refractivity contribution in [3.8, 4) is 5.88 Å². The maximum Gasteiger partial charge on any atom is 0.244 e. The summed E-state index contributed by atoms with van der Waals surface area (Å²) < 4.78 is 1.50. The highest BCUT2D eigenvalue weighted by molar-refractivity contribution is 7.80. The third kappa shape index (κ3) is 4.81. The molecule has 1 amide bonds. The molecule has 0 unspecified atom stereocenters. The van der Waals surface area contributed by atoms with Gasteiger partial charge < -0.3 is 20.3 Å². The molecular weight excluding hydrogens is 422 g/mol. The summed E-state index contributed by atoms with van der Waals surface area (Å²) in [5, 5.41) is 25.7. The molecule has 3 N–H and O–H groups in total. The molecular formula is C24H21N5O2S. The molecule has 3 aromatic carbocycles. The molecule has 0 atom stereocenters. The van der Waals surface area contributed by atoms with Crippen LogP contribution >= 0.6 is 12.2 Å². The van der Waals surface area contributed by atoms with Crippen molar-refractivity contribution >= 4 is 51.2 Å². The number of hydrogen-bond donors (Lipinski definition) is 3. The van der Waals surface area contributed by atoms with Crippen molar-refractivity contribution in [1.82, 2.24) is 4.57 Å². The van der Waals surface area contributed by atoms with E-state index in [1.54, 1.807) is 0 Å². The number of carbonyl (C=O) groups is 1. The Labute approximate surface area is 190 Å². The first-order valence-electron chi connectivity index (χ1n) is 9.96. The lowest BCUT2D eigenvalue weighted by Crippen LogP contribution is -2.18. The van der Waals surface area contributed by atoms with Gasteiger partial charge in [-0.25, -0.2) is 0 Å². The van der Waals surface area contributed by atoms with Crippen LogP contribution < -0.4 is 10.6 Å². The van der Waals surface area contributed by atoms with E-state index < -0.39 is 0 Å². The molecule has 0 saturated heterocycles. The van der Waals surface area contributed by atoms with Gasteiger partial charge in [-0.05, 0) is 49.5 Å². The largest absolute Gasteiger partial charge is 0.493 e. The molecule has 0 aliphatic carbocycles. The lowest BCUT2D eigenvalue weighted by molar-refractivity contribution is -0.116. The number of benzene rings is 3. The Morgan fingerprint density at radius 3 is 2.34 bits per heavy atom.